The number of ether oxygens (including phenoxy) is 1. The smallest absolute Gasteiger partial charge is 0.337 e. The molecule has 0 saturated carbocycles. The lowest BCUT2D eigenvalue weighted by molar-refractivity contribution is -0.114. The molecule has 1 aromatic heterocycles. The average Bonchev–Trinajstić information content (AvgIpc) is 3.25. The zero-order valence-electron chi connectivity index (χ0n) is 17.1. The van der Waals surface area contributed by atoms with Gasteiger partial charge in [0.25, 0.3) is 0 Å². The van der Waals surface area contributed by atoms with Crippen LogP contribution in [-0.2, 0) is 20.1 Å². The molecule has 0 radical (unpaired) electrons. The molecular weight excluding hydrogens is 468 g/mol. The van der Waals surface area contributed by atoms with Crippen LogP contribution in [0.2, 0.25) is 0 Å². The van der Waals surface area contributed by atoms with Crippen molar-refractivity contribution in [3.8, 4) is 0 Å². The maximum Gasteiger partial charge on any atom is 0.337 e. The molecule has 2 aromatic carbocycles. The van der Waals surface area contributed by atoms with E-state index in [-0.39, 0.29) is 17.6 Å². The Morgan fingerprint density at radius 2 is 1.66 bits per heavy atom. The number of thioether (sulfide) groups is 2. The third-order valence-electron chi connectivity index (χ3n) is 3.91. The molecule has 166 valence electrons. The van der Waals surface area contributed by atoms with Crippen molar-refractivity contribution in [1.82, 2.24) is 10.2 Å². The molecule has 0 spiro atoms. The summed E-state index contributed by atoms with van der Waals surface area (Å²) in [4.78, 5) is 35.6. The summed E-state index contributed by atoms with van der Waals surface area (Å²) in [6, 6.07) is 16.3. The fourth-order valence-electron chi connectivity index (χ4n) is 2.44. The molecular formula is C21H20N4O4S3. The number of hydrogen-bond acceptors (Lipinski definition) is 9. The topological polar surface area (TPSA) is 110 Å². The van der Waals surface area contributed by atoms with Crippen LogP contribution >= 0.6 is 34.9 Å². The summed E-state index contributed by atoms with van der Waals surface area (Å²) in [7, 11) is 1.31. The van der Waals surface area contributed by atoms with Crippen LogP contribution in [0.5, 0.6) is 0 Å². The summed E-state index contributed by atoms with van der Waals surface area (Å²) in [6.07, 6.45) is 0. The Bertz CT molecular complexity index is 1060. The van der Waals surface area contributed by atoms with Gasteiger partial charge in [0, 0.05) is 11.4 Å². The van der Waals surface area contributed by atoms with Crippen molar-refractivity contribution in [2.24, 2.45) is 0 Å². The maximum atomic E-state index is 12.1. The number of nitrogens with zero attached hydrogens (tertiary/aromatic N) is 2. The van der Waals surface area contributed by atoms with Gasteiger partial charge >= 0.3 is 5.97 Å². The highest BCUT2D eigenvalue weighted by Crippen LogP contribution is 2.26. The van der Waals surface area contributed by atoms with Gasteiger partial charge in [-0.15, -0.1) is 22.0 Å². The SMILES string of the molecule is COC(=O)c1ccc(NC(=O)CSc2nnc(NC(=O)CSCc3ccccc3)s2)cc1. The predicted octanol–water partition coefficient (Wildman–Crippen LogP) is 3.93. The molecule has 1 heterocycles. The highest BCUT2D eigenvalue weighted by Gasteiger charge is 2.11. The van der Waals surface area contributed by atoms with Crippen molar-refractivity contribution in [1.29, 1.82) is 0 Å². The average molecular weight is 489 g/mol. The summed E-state index contributed by atoms with van der Waals surface area (Å²) >= 11 is 3.96. The molecule has 0 unspecified atom stereocenters. The summed E-state index contributed by atoms with van der Waals surface area (Å²) in [5, 5.41) is 13.8. The molecule has 3 aromatic rings. The van der Waals surface area contributed by atoms with E-state index in [2.05, 4.69) is 25.6 Å². The van der Waals surface area contributed by atoms with E-state index in [1.54, 1.807) is 24.3 Å². The summed E-state index contributed by atoms with van der Waals surface area (Å²) in [5.74, 6) is 0.395. The number of carbonyl (C=O) groups is 3. The zero-order chi connectivity index (χ0) is 22.8. The molecule has 32 heavy (non-hydrogen) atoms. The lowest BCUT2D eigenvalue weighted by Gasteiger charge is -2.05. The van der Waals surface area contributed by atoms with Crippen LogP contribution in [0.3, 0.4) is 0 Å². The molecule has 3 rings (SSSR count). The Morgan fingerprint density at radius 1 is 0.938 bits per heavy atom. The highest BCUT2D eigenvalue weighted by atomic mass is 32.2. The molecule has 0 aliphatic carbocycles. The third kappa shape index (κ3) is 7.66. The van der Waals surface area contributed by atoms with E-state index in [0.717, 1.165) is 11.3 Å². The number of esters is 1. The summed E-state index contributed by atoms with van der Waals surface area (Å²) < 4.78 is 5.22. The first kappa shape index (κ1) is 23.8. The molecule has 0 aliphatic heterocycles. The van der Waals surface area contributed by atoms with Crippen LogP contribution in [0.1, 0.15) is 15.9 Å². The normalized spacial score (nSPS) is 10.4. The van der Waals surface area contributed by atoms with E-state index in [9.17, 15) is 14.4 Å². The van der Waals surface area contributed by atoms with E-state index in [1.165, 1.54) is 42.0 Å². The molecule has 11 heteroatoms. The Kier molecular flexibility index (Phi) is 9.08. The molecule has 0 fully saturated rings. The first-order valence-corrected chi connectivity index (χ1v) is 12.3. The van der Waals surface area contributed by atoms with Crippen LogP contribution in [0, 0.1) is 0 Å². The largest absolute Gasteiger partial charge is 0.465 e. The Balaban J connectivity index is 1.38. The number of anilines is 2. The number of amides is 2. The third-order valence-corrected chi connectivity index (χ3v) is 6.89. The highest BCUT2D eigenvalue weighted by molar-refractivity contribution is 8.01. The van der Waals surface area contributed by atoms with Gasteiger partial charge in [-0.2, -0.15) is 0 Å². The van der Waals surface area contributed by atoms with Crippen LogP contribution in [-0.4, -0.2) is 46.6 Å². The Labute approximate surface area is 197 Å². The summed E-state index contributed by atoms with van der Waals surface area (Å²) in [5.41, 5.74) is 2.14. The number of aromatic nitrogens is 2. The Morgan fingerprint density at radius 3 is 2.38 bits per heavy atom. The van der Waals surface area contributed by atoms with Crippen LogP contribution in [0.15, 0.2) is 58.9 Å². The van der Waals surface area contributed by atoms with E-state index < -0.39 is 5.97 Å². The van der Waals surface area contributed by atoms with Gasteiger partial charge in [0.15, 0.2) is 4.34 Å². The van der Waals surface area contributed by atoms with Gasteiger partial charge in [0.1, 0.15) is 0 Å². The first-order chi connectivity index (χ1) is 15.5. The minimum absolute atomic E-state index is 0.133. The van der Waals surface area contributed by atoms with E-state index in [4.69, 9.17) is 0 Å². The van der Waals surface area contributed by atoms with Gasteiger partial charge in [-0.1, -0.05) is 53.4 Å². The van der Waals surface area contributed by atoms with Crippen LogP contribution < -0.4 is 10.6 Å². The van der Waals surface area contributed by atoms with E-state index in [1.807, 2.05) is 30.3 Å². The van der Waals surface area contributed by atoms with Gasteiger partial charge in [0.05, 0.1) is 24.2 Å². The van der Waals surface area contributed by atoms with E-state index >= 15 is 0 Å². The number of benzene rings is 2. The maximum absolute atomic E-state index is 12.1. The van der Waals surface area contributed by atoms with Crippen molar-refractivity contribution in [2.75, 3.05) is 29.2 Å². The molecule has 8 nitrogen and oxygen atoms in total. The van der Waals surface area contributed by atoms with Crippen molar-refractivity contribution < 1.29 is 19.1 Å². The number of methoxy groups -OCH3 is 1. The number of rotatable bonds is 10. The summed E-state index contributed by atoms with van der Waals surface area (Å²) in [6.45, 7) is 0. The minimum Gasteiger partial charge on any atom is -0.465 e. The van der Waals surface area contributed by atoms with Gasteiger partial charge in [0.2, 0.25) is 16.9 Å². The monoisotopic (exact) mass is 488 g/mol. The fraction of sp³-hybridized carbons (Fsp3) is 0.190. The van der Waals surface area contributed by atoms with Gasteiger partial charge in [-0.05, 0) is 29.8 Å². The zero-order valence-corrected chi connectivity index (χ0v) is 19.5. The minimum atomic E-state index is -0.438. The second kappa shape index (κ2) is 12.2. The van der Waals surface area contributed by atoms with Crippen molar-refractivity contribution in [3.05, 3.63) is 65.7 Å². The standard InChI is InChI=1S/C21H20N4O4S3/c1-29-19(28)15-7-9-16(10-8-15)22-18(27)13-31-21-25-24-20(32-21)23-17(26)12-30-11-14-5-3-2-4-6-14/h2-10H,11-13H2,1H3,(H,22,27)(H,23,24,26). The van der Waals surface area contributed by atoms with Gasteiger partial charge < -0.3 is 10.1 Å². The first-order valence-electron chi connectivity index (χ1n) is 9.39. The van der Waals surface area contributed by atoms with Crippen LogP contribution in [0.25, 0.3) is 0 Å². The van der Waals surface area contributed by atoms with E-state index in [0.29, 0.717) is 26.5 Å². The molecule has 0 bridgehead atoms. The fourth-order valence-corrected chi connectivity index (χ4v) is 4.80. The Hall–Kier alpha value is -2.89. The van der Waals surface area contributed by atoms with Gasteiger partial charge in [-0.25, -0.2) is 4.79 Å². The quantitative estimate of drug-likeness (QED) is 0.251. The molecule has 2 amide bonds. The number of carbonyl (C=O) groups excluding carboxylic acids is 3. The predicted molar refractivity (Wildman–Crippen MR) is 128 cm³/mol. The molecule has 0 saturated heterocycles. The second-order valence-corrected chi connectivity index (χ2v) is 9.49. The van der Waals surface area contributed by atoms with Crippen molar-refractivity contribution >= 4 is 63.5 Å². The van der Waals surface area contributed by atoms with Crippen molar-refractivity contribution in [2.45, 2.75) is 10.1 Å². The van der Waals surface area contributed by atoms with Crippen molar-refractivity contribution in [3.63, 3.8) is 0 Å². The lowest BCUT2D eigenvalue weighted by Crippen LogP contribution is -2.14. The second-order valence-electron chi connectivity index (χ2n) is 6.31. The molecule has 2 N–H and O–H groups in total. The molecule has 0 aliphatic rings. The number of hydrogen-bond donors (Lipinski definition) is 2. The van der Waals surface area contributed by atoms with Gasteiger partial charge in [-0.3, -0.25) is 14.9 Å². The molecule has 0 atom stereocenters. The van der Waals surface area contributed by atoms with Crippen LogP contribution in [0.4, 0.5) is 10.8 Å². The lowest BCUT2D eigenvalue weighted by atomic mass is 10.2. The number of nitrogens with one attached hydrogen (secondary N) is 2.